The van der Waals surface area contributed by atoms with Crippen LogP contribution < -0.4 is 11.0 Å². The van der Waals surface area contributed by atoms with Gasteiger partial charge in [0, 0.05) is 18.1 Å². The highest BCUT2D eigenvalue weighted by atomic mass is 31.2. The maximum Gasteiger partial charge on any atom is 0.385 e. The molecule has 1 aromatic carbocycles. The maximum absolute atomic E-state index is 14.1. The molecule has 5 aliphatic rings. The fourth-order valence-electron chi connectivity index (χ4n) is 8.83. The summed E-state index contributed by atoms with van der Waals surface area (Å²) in [6.07, 6.45) is 11.1. The molecule has 4 bridgehead atoms. The number of hydrogen-bond donors (Lipinski definition) is 0. The van der Waals surface area contributed by atoms with Crippen LogP contribution in [0.15, 0.2) is 29.1 Å². The van der Waals surface area contributed by atoms with Gasteiger partial charge in [0.15, 0.2) is 0 Å². The quantitative estimate of drug-likeness (QED) is 0.338. The van der Waals surface area contributed by atoms with Gasteiger partial charge in [0.2, 0.25) is 5.44 Å². The van der Waals surface area contributed by atoms with Crippen molar-refractivity contribution in [3.05, 3.63) is 34.6 Å². The van der Waals surface area contributed by atoms with E-state index in [-0.39, 0.29) is 30.2 Å². The van der Waals surface area contributed by atoms with Crippen LogP contribution in [0.2, 0.25) is 0 Å². The normalized spacial score (nSPS) is 32.2. The topological polar surface area (TPSA) is 73.7 Å². The number of nitrogens with zero attached hydrogens (tertiary/aromatic N) is 3. The first-order valence-corrected chi connectivity index (χ1v) is 17.0. The van der Waals surface area contributed by atoms with E-state index in [4.69, 9.17) is 9.05 Å². The fourth-order valence-corrected chi connectivity index (χ4v) is 10.4. The molecule has 1 aromatic heterocycles. The van der Waals surface area contributed by atoms with E-state index in [1.165, 1.54) is 51.5 Å². The van der Waals surface area contributed by atoms with Crippen LogP contribution in [0.4, 0.5) is 0 Å². The summed E-state index contributed by atoms with van der Waals surface area (Å²) in [5.41, 5.74) is 1.62. The molecule has 0 N–H and O–H groups in total. The van der Waals surface area contributed by atoms with Crippen molar-refractivity contribution >= 4 is 24.1 Å². The van der Waals surface area contributed by atoms with Gasteiger partial charge in [0.25, 0.3) is 5.56 Å². The van der Waals surface area contributed by atoms with Gasteiger partial charge in [-0.2, -0.15) is 0 Å². The number of fused-ring (bicyclic) bond motifs is 5. The molecule has 2 unspecified atom stereocenters. The van der Waals surface area contributed by atoms with Gasteiger partial charge in [-0.3, -0.25) is 14.3 Å². The van der Waals surface area contributed by atoms with Gasteiger partial charge < -0.3 is 13.6 Å². The molecule has 6 atom stereocenters. The van der Waals surface area contributed by atoms with E-state index >= 15 is 0 Å². The van der Waals surface area contributed by atoms with Crippen molar-refractivity contribution in [1.82, 2.24) is 14.5 Å². The Kier molecular flexibility index (Phi) is 7.58. The molecule has 8 heteroatoms. The largest absolute Gasteiger partial charge is 0.385 e. The molecule has 3 aliphatic carbocycles. The van der Waals surface area contributed by atoms with E-state index in [0.717, 1.165) is 36.1 Å². The molecule has 3 saturated carbocycles. The molecule has 39 heavy (non-hydrogen) atoms. The average molecular weight is 556 g/mol. The van der Waals surface area contributed by atoms with Crippen molar-refractivity contribution < 1.29 is 13.6 Å². The lowest BCUT2D eigenvalue weighted by Gasteiger charge is -2.60. The standard InChI is InChI=1S/C31H46N3O4P/c1-5-37-39(36,38-6-2)29-30(35)34(28-13-8-7-12-27(28)32-29)25-19-23-10-9-11-24(20-25)33(23)17-16-21-14-15-22-18-26(21)31(22,3)4/h7-8,12-13,21-26H,5-6,9-11,14-20H2,1-4H3/t21-,22-,23-,24?,25?,26-/m0/s1. The summed E-state index contributed by atoms with van der Waals surface area (Å²) in [4.78, 5) is 21.4. The summed E-state index contributed by atoms with van der Waals surface area (Å²) in [5, 5.41) is 0. The van der Waals surface area contributed by atoms with Crippen molar-refractivity contribution in [2.45, 2.75) is 104 Å². The molecule has 214 valence electrons. The van der Waals surface area contributed by atoms with Crippen LogP contribution in [0.25, 0.3) is 11.0 Å². The molecular weight excluding hydrogens is 509 g/mol. The molecule has 0 spiro atoms. The lowest BCUT2D eigenvalue weighted by atomic mass is 9.45. The lowest BCUT2D eigenvalue weighted by molar-refractivity contribution is -0.111. The molecule has 2 aliphatic heterocycles. The smallest absolute Gasteiger partial charge is 0.304 e. The lowest BCUT2D eigenvalue weighted by Crippen LogP contribution is -2.56. The number of piperidine rings is 2. The van der Waals surface area contributed by atoms with Crippen LogP contribution in [-0.4, -0.2) is 46.3 Å². The summed E-state index contributed by atoms with van der Waals surface area (Å²) in [6, 6.07) is 8.75. The second-order valence-electron chi connectivity index (χ2n) is 13.0. The Balaban J connectivity index is 1.28. The highest BCUT2D eigenvalue weighted by molar-refractivity contribution is 7.61. The molecule has 7 rings (SSSR count). The number of hydrogen-bond acceptors (Lipinski definition) is 6. The Morgan fingerprint density at radius 3 is 2.31 bits per heavy atom. The summed E-state index contributed by atoms with van der Waals surface area (Å²) < 4.78 is 26.8. The van der Waals surface area contributed by atoms with Crippen molar-refractivity contribution in [2.24, 2.45) is 23.2 Å². The third kappa shape index (κ3) is 4.75. The van der Waals surface area contributed by atoms with E-state index in [1.54, 1.807) is 13.8 Å². The summed E-state index contributed by atoms with van der Waals surface area (Å²) in [6.45, 7) is 10.1. The molecular formula is C31H46N3O4P. The molecule has 5 fully saturated rings. The minimum absolute atomic E-state index is 0.0495. The molecule has 2 aromatic rings. The second-order valence-corrected chi connectivity index (χ2v) is 15.0. The van der Waals surface area contributed by atoms with E-state index in [0.29, 0.717) is 23.0 Å². The van der Waals surface area contributed by atoms with Gasteiger partial charge in [0.1, 0.15) is 0 Å². The first-order valence-electron chi connectivity index (χ1n) is 15.4. The van der Waals surface area contributed by atoms with Gasteiger partial charge in [-0.05, 0) is 107 Å². The highest BCUT2D eigenvalue weighted by Crippen LogP contribution is 2.62. The molecule has 3 heterocycles. The molecule has 0 radical (unpaired) electrons. The van der Waals surface area contributed by atoms with Crippen molar-refractivity contribution in [1.29, 1.82) is 0 Å². The first-order chi connectivity index (χ1) is 18.8. The van der Waals surface area contributed by atoms with Gasteiger partial charge in [0.05, 0.1) is 24.2 Å². The third-order valence-corrected chi connectivity index (χ3v) is 12.9. The number of para-hydroxylation sites is 2. The van der Waals surface area contributed by atoms with Crippen LogP contribution in [0.3, 0.4) is 0 Å². The van der Waals surface area contributed by atoms with Crippen LogP contribution in [0, 0.1) is 23.2 Å². The first kappa shape index (κ1) is 27.6. The van der Waals surface area contributed by atoms with Crippen LogP contribution in [0.1, 0.15) is 91.5 Å². The summed E-state index contributed by atoms with van der Waals surface area (Å²) in [5.74, 6) is 2.72. The Labute approximate surface area is 233 Å². The van der Waals surface area contributed by atoms with Gasteiger partial charge in [-0.15, -0.1) is 0 Å². The van der Waals surface area contributed by atoms with Gasteiger partial charge >= 0.3 is 7.60 Å². The Morgan fingerprint density at radius 1 is 0.974 bits per heavy atom. The summed E-state index contributed by atoms with van der Waals surface area (Å²) >= 11 is 0. The zero-order valence-electron chi connectivity index (χ0n) is 24.2. The summed E-state index contributed by atoms with van der Waals surface area (Å²) in [7, 11) is -3.82. The van der Waals surface area contributed by atoms with Crippen LogP contribution >= 0.6 is 7.60 Å². The van der Waals surface area contributed by atoms with E-state index in [1.807, 2.05) is 28.8 Å². The van der Waals surface area contributed by atoms with Crippen molar-refractivity contribution in [3.63, 3.8) is 0 Å². The zero-order valence-corrected chi connectivity index (χ0v) is 25.1. The van der Waals surface area contributed by atoms with Crippen molar-refractivity contribution in [2.75, 3.05) is 19.8 Å². The Bertz CT molecular complexity index is 1280. The van der Waals surface area contributed by atoms with Crippen LogP contribution in [0.5, 0.6) is 0 Å². The average Bonchev–Trinajstić information content (AvgIpc) is 2.91. The highest BCUT2D eigenvalue weighted by Gasteiger charge is 2.54. The maximum atomic E-state index is 14.1. The molecule has 7 nitrogen and oxygen atoms in total. The third-order valence-electron chi connectivity index (χ3n) is 10.9. The minimum Gasteiger partial charge on any atom is -0.304 e. The fraction of sp³-hybridized carbons (Fsp3) is 0.742. The zero-order chi connectivity index (χ0) is 27.4. The Morgan fingerprint density at radius 2 is 1.67 bits per heavy atom. The minimum atomic E-state index is -3.82. The predicted octanol–water partition coefficient (Wildman–Crippen LogP) is 6.31. The number of benzene rings is 1. The van der Waals surface area contributed by atoms with Gasteiger partial charge in [-0.25, -0.2) is 4.98 Å². The molecule has 0 amide bonds. The Hall–Kier alpha value is -1.53. The number of rotatable bonds is 9. The number of aromatic nitrogens is 2. The van der Waals surface area contributed by atoms with Gasteiger partial charge in [-0.1, -0.05) is 32.4 Å². The predicted molar refractivity (Wildman–Crippen MR) is 156 cm³/mol. The monoisotopic (exact) mass is 555 g/mol. The van der Waals surface area contributed by atoms with E-state index in [9.17, 15) is 9.36 Å². The van der Waals surface area contributed by atoms with E-state index < -0.39 is 7.60 Å². The van der Waals surface area contributed by atoms with Crippen molar-refractivity contribution in [3.8, 4) is 0 Å². The SMILES string of the molecule is CCOP(=O)(OCC)c1nc2ccccc2n(C2CC3CCC[C@@H](C2)N3CC[C@@H]2CC[C@H]3C[C@@H]2C3(C)C)c1=O. The van der Waals surface area contributed by atoms with Crippen LogP contribution in [-0.2, 0) is 13.6 Å². The molecule has 2 saturated heterocycles. The van der Waals surface area contributed by atoms with E-state index in [2.05, 4.69) is 23.7 Å². The second kappa shape index (κ2) is 10.7.